The Morgan fingerprint density at radius 1 is 1.05 bits per heavy atom. The summed E-state index contributed by atoms with van der Waals surface area (Å²) < 4.78 is 18.1. The maximum Gasteiger partial charge on any atom is 0.259 e. The van der Waals surface area contributed by atoms with Gasteiger partial charge in [0.05, 0.1) is 18.0 Å². The zero-order valence-corrected chi connectivity index (χ0v) is 12.0. The molecule has 0 atom stereocenters. The average molecular weight is 295 g/mol. The van der Waals surface area contributed by atoms with Crippen molar-refractivity contribution in [1.29, 1.82) is 0 Å². The first-order valence-corrected chi connectivity index (χ1v) is 7.23. The summed E-state index contributed by atoms with van der Waals surface area (Å²) in [5.41, 5.74) is 2.20. The number of pyridine rings is 1. The lowest BCUT2D eigenvalue weighted by atomic mass is 10.0. The van der Waals surface area contributed by atoms with Gasteiger partial charge in [-0.15, -0.1) is 0 Å². The molecule has 3 heterocycles. The van der Waals surface area contributed by atoms with Crippen molar-refractivity contribution in [3.63, 3.8) is 0 Å². The smallest absolute Gasteiger partial charge is 0.259 e. The molecule has 110 valence electrons. The monoisotopic (exact) mass is 295 g/mol. The molecule has 2 aromatic carbocycles. The number of methoxy groups -OCH3 is 1. The van der Waals surface area contributed by atoms with Crippen molar-refractivity contribution >= 4 is 21.7 Å². The topological polar surface area (TPSA) is 49.7 Å². The third-order valence-electron chi connectivity index (χ3n) is 4.55. The number of rotatable bonds is 1. The van der Waals surface area contributed by atoms with Gasteiger partial charge in [0.2, 0.25) is 6.79 Å². The molecule has 0 radical (unpaired) electrons. The predicted octanol–water partition coefficient (Wildman–Crippen LogP) is 2.45. The molecule has 0 spiro atoms. The molecule has 0 amide bonds. The molecule has 5 nitrogen and oxygen atoms in total. The minimum absolute atomic E-state index is 0.0321. The van der Waals surface area contributed by atoms with Crippen LogP contribution in [0.25, 0.3) is 21.7 Å². The van der Waals surface area contributed by atoms with Crippen LogP contribution in [0.15, 0.2) is 29.1 Å². The third kappa shape index (κ3) is 1.35. The molecule has 0 aliphatic carbocycles. The number of nitrogens with zero attached hydrogens (tertiary/aromatic N) is 1. The highest BCUT2D eigenvalue weighted by Crippen LogP contribution is 2.39. The van der Waals surface area contributed by atoms with E-state index in [-0.39, 0.29) is 12.4 Å². The van der Waals surface area contributed by atoms with Gasteiger partial charge in [0.15, 0.2) is 11.5 Å². The number of ether oxygens (including phenoxy) is 3. The number of aromatic nitrogens is 1. The lowest BCUT2D eigenvalue weighted by Gasteiger charge is -2.11. The molecule has 2 aliphatic heterocycles. The van der Waals surface area contributed by atoms with Crippen LogP contribution in [0.1, 0.15) is 5.56 Å². The van der Waals surface area contributed by atoms with E-state index >= 15 is 0 Å². The van der Waals surface area contributed by atoms with Crippen LogP contribution in [-0.2, 0) is 13.0 Å². The van der Waals surface area contributed by atoms with Gasteiger partial charge in [0.1, 0.15) is 5.75 Å². The quantitative estimate of drug-likeness (QED) is 0.647. The summed E-state index contributed by atoms with van der Waals surface area (Å²) in [6.07, 6.45) is 0.853. The fraction of sp³-hybridized carbons (Fsp3) is 0.235. The first-order valence-electron chi connectivity index (χ1n) is 7.23. The van der Waals surface area contributed by atoms with Crippen LogP contribution >= 0.6 is 0 Å². The van der Waals surface area contributed by atoms with E-state index in [1.165, 1.54) is 0 Å². The van der Waals surface area contributed by atoms with Gasteiger partial charge in [0.25, 0.3) is 5.56 Å². The largest absolute Gasteiger partial charge is 0.497 e. The van der Waals surface area contributed by atoms with Crippen LogP contribution in [0, 0.1) is 0 Å². The normalized spacial score (nSPS) is 15.0. The zero-order valence-electron chi connectivity index (χ0n) is 12.0. The predicted molar refractivity (Wildman–Crippen MR) is 82.1 cm³/mol. The van der Waals surface area contributed by atoms with Crippen LogP contribution in [0.3, 0.4) is 0 Å². The molecule has 22 heavy (non-hydrogen) atoms. The average Bonchev–Trinajstić information content (AvgIpc) is 3.17. The Bertz CT molecular complexity index is 1020. The van der Waals surface area contributed by atoms with E-state index in [1.54, 1.807) is 13.2 Å². The SMILES string of the molecule is COc1cc2c3c(c1)c1cc4c(cc1c(=O)n3CC2)OCO4. The Balaban J connectivity index is 2.04. The Hall–Kier alpha value is -2.69. The van der Waals surface area contributed by atoms with E-state index in [9.17, 15) is 4.79 Å². The lowest BCUT2D eigenvalue weighted by Crippen LogP contribution is -2.18. The van der Waals surface area contributed by atoms with Crippen molar-refractivity contribution in [3.8, 4) is 17.2 Å². The van der Waals surface area contributed by atoms with Gasteiger partial charge in [-0.05, 0) is 36.2 Å². The number of aryl methyl sites for hydroxylation is 2. The van der Waals surface area contributed by atoms with Crippen LogP contribution < -0.4 is 19.8 Å². The van der Waals surface area contributed by atoms with Crippen LogP contribution in [0.4, 0.5) is 0 Å². The maximum atomic E-state index is 12.8. The van der Waals surface area contributed by atoms with E-state index in [1.807, 2.05) is 22.8 Å². The number of hydrogen-bond donors (Lipinski definition) is 0. The molecule has 5 heteroatoms. The highest BCUT2D eigenvalue weighted by Gasteiger charge is 2.23. The second kappa shape index (κ2) is 3.94. The molecule has 0 fully saturated rings. The summed E-state index contributed by atoms with van der Waals surface area (Å²) in [4.78, 5) is 12.8. The number of benzene rings is 2. The van der Waals surface area contributed by atoms with Crippen LogP contribution in [0.5, 0.6) is 17.2 Å². The minimum Gasteiger partial charge on any atom is -0.497 e. The summed E-state index contributed by atoms with van der Waals surface area (Å²) in [6, 6.07) is 7.70. The van der Waals surface area contributed by atoms with Crippen molar-refractivity contribution in [2.75, 3.05) is 13.9 Å². The van der Waals surface area contributed by atoms with E-state index in [0.717, 1.165) is 34.0 Å². The number of fused-ring (bicyclic) bond motifs is 3. The molecule has 0 bridgehead atoms. The van der Waals surface area contributed by atoms with Crippen LogP contribution in [0.2, 0.25) is 0 Å². The summed E-state index contributed by atoms with van der Waals surface area (Å²) in [5, 5.41) is 2.58. The van der Waals surface area contributed by atoms with Crippen molar-refractivity contribution in [2.45, 2.75) is 13.0 Å². The van der Waals surface area contributed by atoms with Crippen molar-refractivity contribution in [1.82, 2.24) is 4.57 Å². The standard InChI is InChI=1S/C17H13NO4/c1-20-10-4-9-2-3-18-16(9)12(5-10)11-6-14-15(22-8-21-14)7-13(11)17(18)19/h4-7H,2-3,8H2,1H3. The molecule has 3 aromatic rings. The van der Waals surface area contributed by atoms with Crippen LogP contribution in [-0.4, -0.2) is 18.5 Å². The van der Waals surface area contributed by atoms with E-state index in [2.05, 4.69) is 0 Å². The molecular weight excluding hydrogens is 282 g/mol. The molecule has 0 saturated carbocycles. The van der Waals surface area contributed by atoms with Crippen molar-refractivity contribution in [2.24, 2.45) is 0 Å². The fourth-order valence-electron chi connectivity index (χ4n) is 3.53. The highest BCUT2D eigenvalue weighted by molar-refractivity contribution is 6.08. The van der Waals surface area contributed by atoms with E-state index < -0.39 is 0 Å². The Kier molecular flexibility index (Phi) is 2.13. The van der Waals surface area contributed by atoms with Crippen molar-refractivity contribution in [3.05, 3.63) is 40.2 Å². The number of hydrogen-bond acceptors (Lipinski definition) is 4. The highest BCUT2D eigenvalue weighted by atomic mass is 16.7. The van der Waals surface area contributed by atoms with Gasteiger partial charge in [-0.1, -0.05) is 0 Å². The molecule has 0 N–H and O–H groups in total. The molecule has 1 aromatic heterocycles. The van der Waals surface area contributed by atoms with Gasteiger partial charge in [-0.25, -0.2) is 0 Å². The second-order valence-electron chi connectivity index (χ2n) is 5.64. The van der Waals surface area contributed by atoms with Gasteiger partial charge in [-0.3, -0.25) is 4.79 Å². The first kappa shape index (κ1) is 11.9. The summed E-state index contributed by atoms with van der Waals surface area (Å²) in [6.45, 7) is 0.911. The summed E-state index contributed by atoms with van der Waals surface area (Å²) >= 11 is 0. The lowest BCUT2D eigenvalue weighted by molar-refractivity contribution is 0.174. The Morgan fingerprint density at radius 2 is 1.82 bits per heavy atom. The summed E-state index contributed by atoms with van der Waals surface area (Å²) in [7, 11) is 1.66. The molecule has 2 aliphatic rings. The molecule has 0 saturated heterocycles. The van der Waals surface area contributed by atoms with Gasteiger partial charge in [-0.2, -0.15) is 0 Å². The third-order valence-corrected chi connectivity index (χ3v) is 4.55. The van der Waals surface area contributed by atoms with Crippen molar-refractivity contribution < 1.29 is 14.2 Å². The fourth-order valence-corrected chi connectivity index (χ4v) is 3.53. The Morgan fingerprint density at radius 3 is 2.59 bits per heavy atom. The van der Waals surface area contributed by atoms with Gasteiger partial charge < -0.3 is 18.8 Å². The Labute approximate surface area is 125 Å². The van der Waals surface area contributed by atoms with E-state index in [4.69, 9.17) is 14.2 Å². The van der Waals surface area contributed by atoms with Gasteiger partial charge in [0, 0.05) is 17.3 Å². The molecule has 0 unspecified atom stereocenters. The van der Waals surface area contributed by atoms with E-state index in [0.29, 0.717) is 23.4 Å². The molecular formula is C17H13NO4. The first-order chi connectivity index (χ1) is 10.8. The minimum atomic E-state index is 0.0321. The zero-order chi connectivity index (χ0) is 14.8. The summed E-state index contributed by atoms with van der Waals surface area (Å²) in [5.74, 6) is 2.14. The second-order valence-corrected chi connectivity index (χ2v) is 5.64. The van der Waals surface area contributed by atoms with Gasteiger partial charge >= 0.3 is 0 Å². The molecule has 5 rings (SSSR count). The maximum absolute atomic E-state index is 12.8.